The highest BCUT2D eigenvalue weighted by atomic mass is 79.9. The third kappa shape index (κ3) is 1.97. The minimum Gasteiger partial charge on any atom is -0.263 e. The summed E-state index contributed by atoms with van der Waals surface area (Å²) in [4.78, 5) is 10.4. The lowest BCUT2D eigenvalue weighted by molar-refractivity contribution is -0.540. The fourth-order valence-corrected chi connectivity index (χ4v) is 2.17. The Bertz CT molecular complexity index is 176. The van der Waals surface area contributed by atoms with E-state index < -0.39 is 4.45 Å². The van der Waals surface area contributed by atoms with Crippen LogP contribution in [0, 0.1) is 16.0 Å². The van der Waals surface area contributed by atoms with Crippen LogP contribution in [0.2, 0.25) is 0 Å². The molecular weight excluding hydrogens is 222 g/mol. The molecule has 1 fully saturated rings. The maximum absolute atomic E-state index is 10.6. The minimum absolute atomic E-state index is 0.182. The quantitative estimate of drug-likeness (QED) is 0.320. The molecule has 12 heavy (non-hydrogen) atoms. The highest BCUT2D eigenvalue weighted by molar-refractivity contribution is 9.10. The minimum atomic E-state index is -0.807. The standard InChI is InChI=1S/C8H14BrNO2/c1-2-7-3-5-8(9,6-4-7)10(11)12/h7H,2-6H2,1H3. The summed E-state index contributed by atoms with van der Waals surface area (Å²) in [5.74, 6) is 0.704. The van der Waals surface area contributed by atoms with E-state index in [0.29, 0.717) is 18.8 Å². The largest absolute Gasteiger partial charge is 0.274 e. The molecule has 1 aliphatic rings. The molecule has 1 saturated carbocycles. The molecule has 0 saturated heterocycles. The van der Waals surface area contributed by atoms with Crippen molar-refractivity contribution >= 4 is 15.9 Å². The zero-order chi connectivity index (χ0) is 9.19. The van der Waals surface area contributed by atoms with E-state index >= 15 is 0 Å². The molecular formula is C8H14BrNO2. The fraction of sp³-hybridized carbons (Fsp3) is 1.00. The molecule has 0 amide bonds. The van der Waals surface area contributed by atoms with E-state index in [-0.39, 0.29) is 4.92 Å². The van der Waals surface area contributed by atoms with Crippen LogP contribution in [-0.4, -0.2) is 9.37 Å². The third-order valence-corrected chi connectivity index (χ3v) is 3.86. The van der Waals surface area contributed by atoms with Crippen molar-refractivity contribution in [1.29, 1.82) is 0 Å². The lowest BCUT2D eigenvalue weighted by Gasteiger charge is -2.28. The van der Waals surface area contributed by atoms with E-state index in [0.717, 1.165) is 19.3 Å². The van der Waals surface area contributed by atoms with Crippen LogP contribution in [0.4, 0.5) is 0 Å². The summed E-state index contributed by atoms with van der Waals surface area (Å²) in [6, 6.07) is 0. The maximum Gasteiger partial charge on any atom is 0.274 e. The van der Waals surface area contributed by atoms with Gasteiger partial charge in [0.25, 0.3) is 4.45 Å². The van der Waals surface area contributed by atoms with E-state index in [9.17, 15) is 10.1 Å². The SMILES string of the molecule is CCC1CCC(Br)([N+](=O)[O-])CC1. The molecule has 70 valence electrons. The number of rotatable bonds is 2. The molecule has 0 aromatic rings. The zero-order valence-electron chi connectivity index (χ0n) is 7.25. The van der Waals surface area contributed by atoms with Gasteiger partial charge in [0.05, 0.1) is 0 Å². The zero-order valence-corrected chi connectivity index (χ0v) is 8.84. The Labute approximate surface area is 80.8 Å². The first-order valence-electron chi connectivity index (χ1n) is 4.42. The number of hydrogen-bond acceptors (Lipinski definition) is 2. The highest BCUT2D eigenvalue weighted by Crippen LogP contribution is 2.39. The maximum atomic E-state index is 10.6. The van der Waals surface area contributed by atoms with Gasteiger partial charge in [0, 0.05) is 33.7 Å². The second-order valence-corrected chi connectivity index (χ2v) is 5.00. The molecule has 0 aromatic carbocycles. The number of alkyl halides is 1. The van der Waals surface area contributed by atoms with Crippen LogP contribution in [0.1, 0.15) is 39.0 Å². The first-order chi connectivity index (χ1) is 5.58. The van der Waals surface area contributed by atoms with Gasteiger partial charge in [-0.1, -0.05) is 13.3 Å². The van der Waals surface area contributed by atoms with E-state index in [1.807, 2.05) is 0 Å². The predicted octanol–water partition coefficient (Wildman–Crippen LogP) is 2.95. The van der Waals surface area contributed by atoms with E-state index in [2.05, 4.69) is 22.9 Å². The van der Waals surface area contributed by atoms with Gasteiger partial charge in [-0.15, -0.1) is 0 Å². The molecule has 1 rings (SSSR count). The second kappa shape index (κ2) is 3.73. The van der Waals surface area contributed by atoms with E-state index in [1.54, 1.807) is 0 Å². The first-order valence-corrected chi connectivity index (χ1v) is 5.21. The van der Waals surface area contributed by atoms with Crippen molar-refractivity contribution < 1.29 is 4.92 Å². The molecule has 0 heterocycles. The number of hydrogen-bond donors (Lipinski definition) is 0. The van der Waals surface area contributed by atoms with Crippen LogP contribution in [0.3, 0.4) is 0 Å². The Morgan fingerprint density at radius 3 is 2.42 bits per heavy atom. The predicted molar refractivity (Wildman–Crippen MR) is 50.9 cm³/mol. The smallest absolute Gasteiger partial charge is 0.263 e. The van der Waals surface area contributed by atoms with Crippen LogP contribution >= 0.6 is 15.9 Å². The summed E-state index contributed by atoms with van der Waals surface area (Å²) in [5, 5.41) is 10.6. The Balaban J connectivity index is 2.49. The van der Waals surface area contributed by atoms with Gasteiger partial charge < -0.3 is 0 Å². The topological polar surface area (TPSA) is 43.1 Å². The second-order valence-electron chi connectivity index (χ2n) is 3.53. The van der Waals surface area contributed by atoms with Gasteiger partial charge in [0.15, 0.2) is 0 Å². The molecule has 3 nitrogen and oxygen atoms in total. The molecule has 0 N–H and O–H groups in total. The van der Waals surface area contributed by atoms with Crippen LogP contribution < -0.4 is 0 Å². The molecule has 0 atom stereocenters. The first kappa shape index (κ1) is 9.96. The van der Waals surface area contributed by atoms with Gasteiger partial charge in [-0.05, 0) is 18.8 Å². The lowest BCUT2D eigenvalue weighted by Crippen LogP contribution is -2.35. The van der Waals surface area contributed by atoms with Crippen molar-refractivity contribution in [1.82, 2.24) is 0 Å². The van der Waals surface area contributed by atoms with Crippen molar-refractivity contribution in [3.63, 3.8) is 0 Å². The average molecular weight is 236 g/mol. The number of halogens is 1. The molecule has 1 aliphatic carbocycles. The number of nitro groups is 1. The van der Waals surface area contributed by atoms with Gasteiger partial charge in [-0.25, -0.2) is 0 Å². The van der Waals surface area contributed by atoms with Crippen LogP contribution in [-0.2, 0) is 0 Å². The Kier molecular flexibility index (Phi) is 3.09. The highest BCUT2D eigenvalue weighted by Gasteiger charge is 2.42. The normalized spacial score (nSPS) is 36.3. The summed E-state index contributed by atoms with van der Waals surface area (Å²) >= 11 is 3.22. The molecule has 0 aliphatic heterocycles. The van der Waals surface area contributed by atoms with Crippen molar-refractivity contribution in [3.8, 4) is 0 Å². The molecule has 0 aromatic heterocycles. The lowest BCUT2D eigenvalue weighted by atomic mass is 9.85. The summed E-state index contributed by atoms with van der Waals surface area (Å²) in [6.07, 6.45) is 4.49. The summed E-state index contributed by atoms with van der Waals surface area (Å²) in [7, 11) is 0. The van der Waals surface area contributed by atoms with Crippen LogP contribution in [0.5, 0.6) is 0 Å². The molecule has 4 heteroatoms. The molecule has 0 unspecified atom stereocenters. The van der Waals surface area contributed by atoms with Gasteiger partial charge >= 0.3 is 0 Å². The van der Waals surface area contributed by atoms with Crippen molar-refractivity contribution in [2.75, 3.05) is 0 Å². The van der Waals surface area contributed by atoms with Crippen LogP contribution in [0.15, 0.2) is 0 Å². The molecule has 0 radical (unpaired) electrons. The summed E-state index contributed by atoms with van der Waals surface area (Å²) in [6.45, 7) is 2.15. The van der Waals surface area contributed by atoms with Gasteiger partial charge in [0.1, 0.15) is 0 Å². The Morgan fingerprint density at radius 2 is 2.08 bits per heavy atom. The summed E-state index contributed by atoms with van der Waals surface area (Å²) in [5.41, 5.74) is 0. The van der Waals surface area contributed by atoms with E-state index in [4.69, 9.17) is 0 Å². The number of nitrogens with zero attached hydrogens (tertiary/aromatic N) is 1. The average Bonchev–Trinajstić information content (AvgIpc) is 2.06. The van der Waals surface area contributed by atoms with Crippen molar-refractivity contribution in [3.05, 3.63) is 10.1 Å². The van der Waals surface area contributed by atoms with Crippen molar-refractivity contribution in [2.24, 2.45) is 5.92 Å². The third-order valence-electron chi connectivity index (χ3n) is 2.78. The van der Waals surface area contributed by atoms with Crippen molar-refractivity contribution in [2.45, 2.75) is 43.5 Å². The monoisotopic (exact) mass is 235 g/mol. The molecule has 0 spiro atoms. The Morgan fingerprint density at radius 1 is 1.58 bits per heavy atom. The van der Waals surface area contributed by atoms with Gasteiger partial charge in [-0.3, -0.25) is 10.1 Å². The van der Waals surface area contributed by atoms with Gasteiger partial charge in [0.2, 0.25) is 0 Å². The summed E-state index contributed by atoms with van der Waals surface area (Å²) < 4.78 is -0.807. The Hall–Kier alpha value is -0.120. The van der Waals surface area contributed by atoms with Gasteiger partial charge in [-0.2, -0.15) is 0 Å². The van der Waals surface area contributed by atoms with Crippen LogP contribution in [0.25, 0.3) is 0 Å². The molecule has 0 bridgehead atoms. The van der Waals surface area contributed by atoms with E-state index in [1.165, 1.54) is 0 Å². The fourth-order valence-electron chi connectivity index (χ4n) is 1.71.